The smallest absolute Gasteiger partial charge is 0.343 e. The van der Waals surface area contributed by atoms with E-state index in [9.17, 15) is 19.3 Å². The van der Waals surface area contributed by atoms with Gasteiger partial charge in [-0.3, -0.25) is 9.59 Å². The molecule has 0 bridgehead atoms. The van der Waals surface area contributed by atoms with Crippen molar-refractivity contribution in [2.45, 2.75) is 0 Å². The van der Waals surface area contributed by atoms with Crippen LogP contribution in [0, 0.1) is 4.91 Å². The van der Waals surface area contributed by atoms with Crippen LogP contribution >= 0.6 is 15.9 Å². The number of rotatable bonds is 9. The van der Waals surface area contributed by atoms with E-state index in [-0.39, 0.29) is 34.4 Å². The number of hydrazone groups is 1. The van der Waals surface area contributed by atoms with Gasteiger partial charge in [0, 0.05) is 27.7 Å². The normalized spacial score (nSPS) is 12.1. The van der Waals surface area contributed by atoms with Gasteiger partial charge in [-0.25, -0.2) is 15.4 Å². The molecule has 0 saturated heterocycles. The van der Waals surface area contributed by atoms with E-state index in [1.54, 1.807) is 60.7 Å². The quantitative estimate of drug-likeness (QED) is 0.0736. The third-order valence-electron chi connectivity index (χ3n) is 6.10. The van der Waals surface area contributed by atoms with Crippen molar-refractivity contribution in [3.05, 3.63) is 128 Å². The number of amides is 2. The monoisotopic (exact) mass is 657 g/mol. The second-order valence-electron chi connectivity index (χ2n) is 9.08. The second kappa shape index (κ2) is 13.4. The third-order valence-corrected chi connectivity index (χ3v) is 6.60. The number of hydrogen-bond acceptors (Lipinski definition) is 8. The first-order valence-electron chi connectivity index (χ1n) is 12.9. The number of carbonyl (C=O) groups excluding carboxylic acids is 3. The molecule has 0 unspecified atom stereocenters. The van der Waals surface area contributed by atoms with Crippen LogP contribution in [0.1, 0.15) is 31.8 Å². The predicted octanol–water partition coefficient (Wildman–Crippen LogP) is 5.12. The van der Waals surface area contributed by atoms with Gasteiger partial charge in [-0.15, -0.1) is 0 Å². The third kappa shape index (κ3) is 7.33. The Kier molecular flexibility index (Phi) is 9.06. The van der Waals surface area contributed by atoms with E-state index < -0.39 is 17.8 Å². The van der Waals surface area contributed by atoms with Gasteiger partial charge in [0.15, 0.2) is 11.5 Å². The zero-order valence-corrected chi connectivity index (χ0v) is 24.2. The molecule has 4 aromatic carbocycles. The van der Waals surface area contributed by atoms with E-state index in [0.717, 1.165) is 0 Å². The van der Waals surface area contributed by atoms with Gasteiger partial charge >= 0.3 is 11.7 Å². The lowest BCUT2D eigenvalue weighted by Crippen LogP contribution is -2.32. The number of halogens is 1. The van der Waals surface area contributed by atoms with Crippen molar-refractivity contribution in [1.82, 2.24) is 10.7 Å². The Morgan fingerprint density at radius 1 is 0.909 bits per heavy atom. The van der Waals surface area contributed by atoms with Crippen LogP contribution in [-0.2, 0) is 4.79 Å². The lowest BCUT2D eigenvalue weighted by atomic mass is 10.1. The first-order valence-corrected chi connectivity index (χ1v) is 13.7. The van der Waals surface area contributed by atoms with Gasteiger partial charge in [0.05, 0.1) is 16.7 Å². The summed E-state index contributed by atoms with van der Waals surface area (Å²) < 4.78 is 16.9. The van der Waals surface area contributed by atoms with Gasteiger partial charge in [-0.1, -0.05) is 40.2 Å². The highest BCUT2D eigenvalue weighted by Crippen LogP contribution is 2.33. The summed E-state index contributed by atoms with van der Waals surface area (Å²) in [6.45, 7) is 0.0817. The summed E-state index contributed by atoms with van der Waals surface area (Å²) in [4.78, 5) is 49.5. The fraction of sp³-hybridized carbons (Fsp3) is 0.0323. The number of nitrogens with zero attached hydrogens (tertiary/aromatic N) is 2. The summed E-state index contributed by atoms with van der Waals surface area (Å²) in [5.74, 6) is -0.778. The summed E-state index contributed by atoms with van der Waals surface area (Å²) in [6.07, 6.45) is 2.74. The average molecular weight is 658 g/mol. The molecule has 5 rings (SSSR count). The summed E-state index contributed by atoms with van der Waals surface area (Å²) >= 11 is 3.36. The number of esters is 1. The van der Waals surface area contributed by atoms with Crippen LogP contribution in [-0.4, -0.2) is 40.9 Å². The number of carbonyl (C=O) groups is 3. The predicted molar refractivity (Wildman–Crippen MR) is 161 cm³/mol. The Morgan fingerprint density at radius 2 is 1.66 bits per heavy atom. The molecular formula is C31H22BrN4O8+. The molecule has 1 heterocycles. The van der Waals surface area contributed by atoms with Crippen LogP contribution in [0.2, 0.25) is 0 Å². The van der Waals surface area contributed by atoms with Gasteiger partial charge in [0.2, 0.25) is 6.79 Å². The molecule has 12 nitrogen and oxygen atoms in total. The minimum absolute atomic E-state index is 0.0549. The number of nitrogens with one attached hydrogen (secondary N) is 2. The molecule has 1 aliphatic rings. The molecule has 0 spiro atoms. The lowest BCUT2D eigenvalue weighted by Gasteiger charge is -2.10. The molecule has 44 heavy (non-hydrogen) atoms. The highest BCUT2D eigenvalue weighted by molar-refractivity contribution is 9.10. The molecule has 0 saturated carbocycles. The van der Waals surface area contributed by atoms with Crippen molar-refractivity contribution in [2.75, 3.05) is 6.79 Å². The first-order chi connectivity index (χ1) is 21.3. The van der Waals surface area contributed by atoms with Gasteiger partial charge in [0.25, 0.3) is 16.7 Å². The SMILES string of the molecule is O=C(N/N=C/c1cc(Br)ccc1OC(=O)c1ccc([N+](=O)O)cc1)/C(=C\c1ccc2c(c1)OCO2)NC(=O)c1ccccc1. The van der Waals surface area contributed by atoms with Crippen LogP contribution in [0.3, 0.4) is 0 Å². The van der Waals surface area contributed by atoms with E-state index in [1.807, 2.05) is 0 Å². The fourth-order valence-electron chi connectivity index (χ4n) is 3.93. The second-order valence-corrected chi connectivity index (χ2v) is 10.00. The largest absolute Gasteiger partial charge is 0.454 e. The van der Waals surface area contributed by atoms with Crippen LogP contribution in [0.15, 0.2) is 106 Å². The van der Waals surface area contributed by atoms with Gasteiger partial charge in [0.1, 0.15) is 11.4 Å². The van der Waals surface area contributed by atoms with Crippen molar-refractivity contribution in [2.24, 2.45) is 5.10 Å². The fourth-order valence-corrected chi connectivity index (χ4v) is 4.31. The van der Waals surface area contributed by atoms with Crippen molar-refractivity contribution in [3.63, 3.8) is 0 Å². The van der Waals surface area contributed by atoms with Crippen LogP contribution < -0.4 is 25.0 Å². The maximum atomic E-state index is 13.2. The van der Waals surface area contributed by atoms with Gasteiger partial charge in [-0.05, 0) is 66.2 Å². The van der Waals surface area contributed by atoms with Crippen LogP contribution in [0.25, 0.3) is 6.08 Å². The minimum atomic E-state index is -0.731. The van der Waals surface area contributed by atoms with E-state index in [1.165, 1.54) is 42.6 Å². The summed E-state index contributed by atoms with van der Waals surface area (Å²) in [6, 6.07) is 23.4. The first kappa shape index (κ1) is 29.7. The molecule has 0 aromatic heterocycles. The van der Waals surface area contributed by atoms with E-state index in [4.69, 9.17) is 19.4 Å². The highest BCUT2D eigenvalue weighted by Gasteiger charge is 2.18. The van der Waals surface area contributed by atoms with E-state index in [0.29, 0.717) is 32.7 Å². The maximum Gasteiger partial charge on any atom is 0.343 e. The van der Waals surface area contributed by atoms with Gasteiger partial charge in [-0.2, -0.15) is 5.10 Å². The molecule has 0 radical (unpaired) electrons. The van der Waals surface area contributed by atoms with Crippen LogP contribution in [0.4, 0.5) is 5.69 Å². The Morgan fingerprint density at radius 3 is 2.41 bits per heavy atom. The van der Waals surface area contributed by atoms with E-state index in [2.05, 4.69) is 31.8 Å². The number of ether oxygens (including phenoxy) is 3. The van der Waals surface area contributed by atoms with Crippen molar-refractivity contribution >= 4 is 51.7 Å². The lowest BCUT2D eigenvalue weighted by molar-refractivity contribution is -0.729. The summed E-state index contributed by atoms with van der Waals surface area (Å²) in [5, 5.41) is 15.6. The molecule has 0 atom stereocenters. The summed E-state index contributed by atoms with van der Waals surface area (Å²) in [5.41, 5.74) is 3.60. The zero-order valence-electron chi connectivity index (χ0n) is 22.6. The standard InChI is InChI=1S/C31H21BrN4O8/c32-23-9-13-26(44-31(39)21-7-10-24(11-8-21)36(40)41)22(16-23)17-33-35-30(38)25(34-29(37)20-4-2-1-3-5-20)14-19-6-12-27-28(15-19)43-18-42-27/h1-17H,18H2,(H2-,34,35,37,38,40,41)/p+1/b25-14+,33-17+. The van der Waals surface area contributed by atoms with Crippen molar-refractivity contribution in [1.29, 1.82) is 0 Å². The van der Waals surface area contributed by atoms with Crippen molar-refractivity contribution in [3.8, 4) is 17.2 Å². The highest BCUT2D eigenvalue weighted by atomic mass is 79.9. The number of benzene rings is 4. The maximum absolute atomic E-state index is 13.2. The van der Waals surface area contributed by atoms with Crippen LogP contribution in [0.5, 0.6) is 17.2 Å². The molecule has 2 amide bonds. The Balaban J connectivity index is 1.34. The molecule has 3 N–H and O–H groups in total. The topological polar surface area (TPSA) is 156 Å². The Labute approximate surface area is 258 Å². The Hall–Kier alpha value is -5.82. The molecule has 1 aliphatic heterocycles. The van der Waals surface area contributed by atoms with Gasteiger partial charge < -0.3 is 19.5 Å². The minimum Gasteiger partial charge on any atom is -0.454 e. The molecule has 4 aromatic rings. The van der Waals surface area contributed by atoms with Crippen molar-refractivity contribution < 1.29 is 38.7 Å². The molecule has 13 heteroatoms. The number of hydrogen-bond donors (Lipinski definition) is 3. The Bertz CT molecular complexity index is 1810. The molecule has 0 aliphatic carbocycles. The zero-order chi connectivity index (χ0) is 31.1. The van der Waals surface area contributed by atoms with E-state index >= 15 is 0 Å². The number of fused-ring (bicyclic) bond motifs is 1. The summed E-state index contributed by atoms with van der Waals surface area (Å²) in [7, 11) is 0. The molecule has 0 fully saturated rings. The molecular weight excluding hydrogens is 636 g/mol. The molecule has 220 valence electrons. The average Bonchev–Trinajstić information content (AvgIpc) is 3.50.